The summed E-state index contributed by atoms with van der Waals surface area (Å²) < 4.78 is 39.5. The topological polar surface area (TPSA) is 98.3 Å². The molecular weight excluding hydrogens is 403 g/mol. The highest BCUT2D eigenvalue weighted by Gasteiger charge is 2.33. The van der Waals surface area contributed by atoms with Crippen LogP contribution in [0.1, 0.15) is 12.8 Å². The lowest BCUT2D eigenvalue weighted by Gasteiger charge is -2.34. The molecule has 158 valence electrons. The maximum Gasteiger partial charge on any atom is 0.326 e. The third-order valence-electron chi connectivity index (χ3n) is 5.05. The molecule has 2 aliphatic heterocycles. The van der Waals surface area contributed by atoms with Gasteiger partial charge < -0.3 is 9.80 Å². The van der Waals surface area contributed by atoms with Gasteiger partial charge in [0.15, 0.2) is 0 Å². The molecule has 2 aliphatic rings. The van der Waals surface area contributed by atoms with E-state index in [2.05, 4.69) is 0 Å². The number of hydrogen-bond donors (Lipinski definition) is 0. The van der Waals surface area contributed by atoms with Gasteiger partial charge in [0.05, 0.1) is 4.90 Å². The molecule has 0 radical (unpaired) electrons. The average Bonchev–Trinajstić information content (AvgIpc) is 2.94. The van der Waals surface area contributed by atoms with Crippen molar-refractivity contribution in [1.82, 2.24) is 19.0 Å². The molecule has 0 spiro atoms. The van der Waals surface area contributed by atoms with Crippen molar-refractivity contribution in [2.45, 2.75) is 17.7 Å². The fourth-order valence-electron chi connectivity index (χ4n) is 3.37. The van der Waals surface area contributed by atoms with E-state index in [0.29, 0.717) is 6.42 Å². The third kappa shape index (κ3) is 4.56. The third-order valence-corrected chi connectivity index (χ3v) is 6.96. The number of amides is 4. The van der Waals surface area contributed by atoms with Gasteiger partial charge in [-0.1, -0.05) is 0 Å². The summed E-state index contributed by atoms with van der Waals surface area (Å²) in [4.78, 5) is 40.0. The van der Waals surface area contributed by atoms with Crippen LogP contribution in [0.2, 0.25) is 0 Å². The van der Waals surface area contributed by atoms with Crippen LogP contribution >= 0.6 is 0 Å². The molecule has 0 N–H and O–H groups in total. The highest BCUT2D eigenvalue weighted by Crippen LogP contribution is 2.18. The molecule has 0 bridgehead atoms. The lowest BCUT2D eigenvalue weighted by molar-refractivity contribution is -0.133. The second-order valence-corrected chi connectivity index (χ2v) is 8.96. The number of imide groups is 1. The molecule has 2 fully saturated rings. The van der Waals surface area contributed by atoms with Gasteiger partial charge in [-0.3, -0.25) is 14.5 Å². The Morgan fingerprint density at radius 3 is 2.24 bits per heavy atom. The smallest absolute Gasteiger partial charge is 0.326 e. The molecule has 0 saturated carbocycles. The summed E-state index contributed by atoms with van der Waals surface area (Å²) in [7, 11) is -2.18. The van der Waals surface area contributed by atoms with E-state index >= 15 is 0 Å². The predicted octanol–water partition coefficient (Wildman–Crippen LogP) is 0.333. The number of sulfonamides is 1. The zero-order valence-electron chi connectivity index (χ0n) is 16.1. The van der Waals surface area contributed by atoms with Crippen molar-refractivity contribution in [3.05, 3.63) is 30.1 Å². The quantitative estimate of drug-likeness (QED) is 0.611. The van der Waals surface area contributed by atoms with Gasteiger partial charge in [0, 0.05) is 46.2 Å². The molecule has 0 unspecified atom stereocenters. The van der Waals surface area contributed by atoms with Crippen molar-refractivity contribution in [3.8, 4) is 0 Å². The number of halogens is 1. The maximum absolute atomic E-state index is 13.0. The van der Waals surface area contributed by atoms with Gasteiger partial charge in [0.2, 0.25) is 21.8 Å². The first-order chi connectivity index (χ1) is 13.7. The second-order valence-electron chi connectivity index (χ2n) is 7.03. The molecular formula is C18H23FN4O5S. The van der Waals surface area contributed by atoms with Crippen LogP contribution in [0.5, 0.6) is 0 Å². The first-order valence-corrected chi connectivity index (χ1v) is 10.7. The standard InChI is InChI=1S/C18H23FN4O5S/c1-20-13-17(25)23(18(20)26)8-2-3-16(24)21-9-11-22(12-10-21)29(27,28)15-6-4-14(19)5-7-15/h4-7H,2-3,8-13H2,1H3. The monoisotopic (exact) mass is 426 g/mol. The molecule has 1 aromatic rings. The Morgan fingerprint density at radius 2 is 1.69 bits per heavy atom. The molecule has 9 nitrogen and oxygen atoms in total. The van der Waals surface area contributed by atoms with E-state index < -0.39 is 15.8 Å². The van der Waals surface area contributed by atoms with E-state index in [-0.39, 0.29) is 68.4 Å². The summed E-state index contributed by atoms with van der Waals surface area (Å²) >= 11 is 0. The van der Waals surface area contributed by atoms with Crippen LogP contribution in [0.25, 0.3) is 0 Å². The fraction of sp³-hybridized carbons (Fsp3) is 0.500. The number of nitrogens with zero attached hydrogens (tertiary/aromatic N) is 4. The number of carbonyl (C=O) groups excluding carboxylic acids is 3. The highest BCUT2D eigenvalue weighted by molar-refractivity contribution is 7.89. The molecule has 2 saturated heterocycles. The lowest BCUT2D eigenvalue weighted by Crippen LogP contribution is -2.50. The SMILES string of the molecule is CN1CC(=O)N(CCCC(=O)N2CCN(S(=O)(=O)c3ccc(F)cc3)CC2)C1=O. The number of carbonyl (C=O) groups is 3. The minimum atomic E-state index is -3.73. The Bertz CT molecular complexity index is 897. The van der Waals surface area contributed by atoms with Crippen LogP contribution in [-0.4, -0.2) is 91.6 Å². The number of benzene rings is 1. The fourth-order valence-corrected chi connectivity index (χ4v) is 4.79. The van der Waals surface area contributed by atoms with Crippen molar-refractivity contribution in [1.29, 1.82) is 0 Å². The molecule has 11 heteroatoms. The van der Waals surface area contributed by atoms with Gasteiger partial charge in [-0.25, -0.2) is 17.6 Å². The molecule has 29 heavy (non-hydrogen) atoms. The van der Waals surface area contributed by atoms with Crippen molar-refractivity contribution in [2.75, 3.05) is 46.3 Å². The number of hydrogen-bond acceptors (Lipinski definition) is 5. The minimum Gasteiger partial charge on any atom is -0.340 e. The zero-order chi connectivity index (χ0) is 21.2. The Hall–Kier alpha value is -2.53. The number of urea groups is 1. The number of likely N-dealkylation sites (N-methyl/N-ethyl adjacent to an activating group) is 1. The predicted molar refractivity (Wildman–Crippen MR) is 101 cm³/mol. The van der Waals surface area contributed by atoms with Gasteiger partial charge in [-0.15, -0.1) is 0 Å². The zero-order valence-corrected chi connectivity index (χ0v) is 16.9. The summed E-state index contributed by atoms with van der Waals surface area (Å²) in [6, 6.07) is 4.28. The van der Waals surface area contributed by atoms with E-state index in [9.17, 15) is 27.2 Å². The maximum atomic E-state index is 13.0. The normalized spacial score (nSPS) is 18.6. The molecule has 2 heterocycles. The van der Waals surface area contributed by atoms with E-state index in [0.717, 1.165) is 17.0 Å². The summed E-state index contributed by atoms with van der Waals surface area (Å²) in [5.74, 6) is -0.927. The van der Waals surface area contributed by atoms with E-state index in [4.69, 9.17) is 0 Å². The largest absolute Gasteiger partial charge is 0.340 e. The van der Waals surface area contributed by atoms with Gasteiger partial charge >= 0.3 is 6.03 Å². The second kappa shape index (κ2) is 8.46. The molecule has 3 rings (SSSR count). The first kappa shape index (κ1) is 21.2. The van der Waals surface area contributed by atoms with Gasteiger partial charge in [0.1, 0.15) is 12.4 Å². The first-order valence-electron chi connectivity index (χ1n) is 9.29. The van der Waals surface area contributed by atoms with Gasteiger partial charge in [-0.05, 0) is 30.7 Å². The van der Waals surface area contributed by atoms with E-state index in [1.165, 1.54) is 21.3 Å². The number of piperazine rings is 1. The highest BCUT2D eigenvalue weighted by atomic mass is 32.2. The van der Waals surface area contributed by atoms with Crippen LogP contribution < -0.4 is 0 Å². The van der Waals surface area contributed by atoms with Gasteiger partial charge in [0.25, 0.3) is 0 Å². The van der Waals surface area contributed by atoms with Crippen LogP contribution in [0.3, 0.4) is 0 Å². The average molecular weight is 426 g/mol. The Balaban J connectivity index is 1.47. The van der Waals surface area contributed by atoms with E-state index in [1.807, 2.05) is 0 Å². The van der Waals surface area contributed by atoms with Crippen molar-refractivity contribution < 1.29 is 27.2 Å². The molecule has 0 atom stereocenters. The Labute approximate surface area is 168 Å². The molecule has 0 aromatic heterocycles. The molecule has 4 amide bonds. The van der Waals surface area contributed by atoms with Crippen molar-refractivity contribution >= 4 is 27.9 Å². The van der Waals surface area contributed by atoms with Crippen molar-refractivity contribution in [2.24, 2.45) is 0 Å². The number of rotatable bonds is 6. The van der Waals surface area contributed by atoms with Crippen LogP contribution in [0.4, 0.5) is 9.18 Å². The van der Waals surface area contributed by atoms with E-state index in [1.54, 1.807) is 11.9 Å². The summed E-state index contributed by atoms with van der Waals surface area (Å²) in [6.07, 6.45) is 0.531. The van der Waals surface area contributed by atoms with Gasteiger partial charge in [-0.2, -0.15) is 4.31 Å². The van der Waals surface area contributed by atoms with Crippen LogP contribution in [-0.2, 0) is 19.6 Å². The molecule has 1 aromatic carbocycles. The summed E-state index contributed by atoms with van der Waals surface area (Å²) in [5, 5.41) is 0. The van der Waals surface area contributed by atoms with Crippen LogP contribution in [0.15, 0.2) is 29.2 Å². The summed E-state index contributed by atoms with van der Waals surface area (Å²) in [6.45, 7) is 1.05. The lowest BCUT2D eigenvalue weighted by atomic mass is 10.2. The Morgan fingerprint density at radius 1 is 1.07 bits per heavy atom. The Kier molecular flexibility index (Phi) is 6.18. The summed E-state index contributed by atoms with van der Waals surface area (Å²) in [5.41, 5.74) is 0. The van der Waals surface area contributed by atoms with Crippen LogP contribution in [0, 0.1) is 5.82 Å². The minimum absolute atomic E-state index is 0.0172. The van der Waals surface area contributed by atoms with Crippen molar-refractivity contribution in [3.63, 3.8) is 0 Å². The molecule has 0 aliphatic carbocycles.